The molecule has 1 fully saturated rings. The highest BCUT2D eigenvalue weighted by atomic mass is 19.1. The molecule has 1 saturated carbocycles. The molecule has 0 aliphatic heterocycles. The average Bonchev–Trinajstić information content (AvgIpc) is 3.19. The third-order valence-corrected chi connectivity index (χ3v) is 4.82. The molecule has 27 heavy (non-hydrogen) atoms. The predicted octanol–water partition coefficient (Wildman–Crippen LogP) is 4.10. The smallest absolute Gasteiger partial charge is 0.153 e. The van der Waals surface area contributed by atoms with Crippen molar-refractivity contribution in [3.05, 3.63) is 53.2 Å². The summed E-state index contributed by atoms with van der Waals surface area (Å²) in [5, 5.41) is 17.5. The minimum Gasteiger partial charge on any atom is -0.392 e. The second-order valence-electron chi connectivity index (χ2n) is 6.72. The van der Waals surface area contributed by atoms with Crippen LogP contribution in [0.5, 0.6) is 0 Å². The zero-order valence-corrected chi connectivity index (χ0v) is 15.7. The Morgan fingerprint density at radius 2 is 2.11 bits per heavy atom. The van der Waals surface area contributed by atoms with Gasteiger partial charge in [-0.15, -0.1) is 0 Å². The number of pyridine rings is 2. The van der Waals surface area contributed by atoms with Crippen molar-refractivity contribution in [2.75, 3.05) is 5.32 Å². The number of aliphatic hydroxyl groups excluding tert-OH is 1. The lowest BCUT2D eigenvalue weighted by Gasteiger charge is -2.16. The second kappa shape index (κ2) is 8.90. The Labute approximate surface area is 158 Å². The van der Waals surface area contributed by atoms with E-state index < -0.39 is 12.0 Å². The van der Waals surface area contributed by atoms with Gasteiger partial charge in [0.05, 0.1) is 11.9 Å². The fourth-order valence-corrected chi connectivity index (χ4v) is 3.11. The molecule has 0 spiro atoms. The number of hydrogen-bond acceptors (Lipinski definition) is 6. The number of rotatable bonds is 7. The Balaban J connectivity index is 1.66. The third kappa shape index (κ3) is 4.80. The number of halogens is 1. The quantitative estimate of drug-likeness (QED) is 0.434. The molecular weight excluding hydrogens is 347 g/mol. The van der Waals surface area contributed by atoms with Crippen molar-refractivity contribution >= 4 is 11.5 Å². The number of hydrogen-bond donors (Lipinski definition) is 2. The molecular formula is C20H25FN4O2. The summed E-state index contributed by atoms with van der Waals surface area (Å²) in [5.74, 6) is 0.0183. The van der Waals surface area contributed by atoms with E-state index in [1.54, 1.807) is 19.2 Å². The van der Waals surface area contributed by atoms with E-state index in [4.69, 9.17) is 4.84 Å². The molecule has 0 bridgehead atoms. The number of nitrogens with one attached hydrogen (secondary N) is 1. The lowest BCUT2D eigenvalue weighted by atomic mass is 10.1. The molecule has 6 nitrogen and oxygen atoms in total. The lowest BCUT2D eigenvalue weighted by molar-refractivity contribution is 0.0642. The first-order valence-corrected chi connectivity index (χ1v) is 9.32. The van der Waals surface area contributed by atoms with Gasteiger partial charge in [0, 0.05) is 23.5 Å². The Hall–Kier alpha value is -2.54. The molecule has 0 saturated heterocycles. The summed E-state index contributed by atoms with van der Waals surface area (Å²) in [7, 11) is 0. The fourth-order valence-electron chi connectivity index (χ4n) is 3.11. The number of oxime groups is 1. The first-order valence-electron chi connectivity index (χ1n) is 9.32. The molecule has 1 atom stereocenters. The first-order chi connectivity index (χ1) is 13.1. The van der Waals surface area contributed by atoms with Gasteiger partial charge in [0.25, 0.3) is 0 Å². The highest BCUT2D eigenvalue weighted by molar-refractivity contribution is 5.99. The highest BCUT2D eigenvalue weighted by Gasteiger charge is 2.17. The monoisotopic (exact) mass is 372 g/mol. The van der Waals surface area contributed by atoms with Gasteiger partial charge in [0.15, 0.2) is 6.23 Å². The standard InChI is InChI=1S/C20H25FN4O2/c1-3-18(25-27-15-6-4-5-7-15)14-8-9-19(23-10-14)24-20(26)16-11-22-12-17(21)13(16)2/h8-12,15,20,26H,3-7H2,1-2H3,(H,23,24)/b25-18+. The zero-order chi connectivity index (χ0) is 19.2. The van der Waals surface area contributed by atoms with Gasteiger partial charge >= 0.3 is 0 Å². The Morgan fingerprint density at radius 3 is 2.78 bits per heavy atom. The molecule has 2 heterocycles. The van der Waals surface area contributed by atoms with Crippen LogP contribution in [0, 0.1) is 12.7 Å². The van der Waals surface area contributed by atoms with E-state index in [0.717, 1.165) is 36.7 Å². The Bertz CT molecular complexity index is 789. The average molecular weight is 372 g/mol. The van der Waals surface area contributed by atoms with Gasteiger partial charge in [-0.3, -0.25) is 4.98 Å². The first kappa shape index (κ1) is 19.2. The number of aromatic nitrogens is 2. The Morgan fingerprint density at radius 1 is 1.33 bits per heavy atom. The van der Waals surface area contributed by atoms with E-state index in [1.165, 1.54) is 19.0 Å². The van der Waals surface area contributed by atoms with Crippen LogP contribution in [0.3, 0.4) is 0 Å². The van der Waals surface area contributed by atoms with Gasteiger partial charge in [-0.2, -0.15) is 0 Å². The third-order valence-electron chi connectivity index (χ3n) is 4.82. The molecule has 7 heteroatoms. The van der Waals surface area contributed by atoms with Crippen LogP contribution in [0.25, 0.3) is 0 Å². The fraction of sp³-hybridized carbons (Fsp3) is 0.450. The van der Waals surface area contributed by atoms with Crippen molar-refractivity contribution in [2.45, 2.75) is 58.3 Å². The van der Waals surface area contributed by atoms with Crippen LogP contribution in [-0.4, -0.2) is 26.9 Å². The molecule has 0 amide bonds. The van der Waals surface area contributed by atoms with Crippen LogP contribution in [0.15, 0.2) is 35.9 Å². The minimum absolute atomic E-state index is 0.221. The van der Waals surface area contributed by atoms with Crippen LogP contribution >= 0.6 is 0 Å². The van der Waals surface area contributed by atoms with Crippen LogP contribution in [0.1, 0.15) is 61.9 Å². The van der Waals surface area contributed by atoms with Crippen LogP contribution in [-0.2, 0) is 4.84 Å². The summed E-state index contributed by atoms with van der Waals surface area (Å²) in [6.45, 7) is 3.62. The van der Waals surface area contributed by atoms with Crippen LogP contribution < -0.4 is 5.32 Å². The van der Waals surface area contributed by atoms with E-state index in [9.17, 15) is 9.50 Å². The number of nitrogens with zero attached hydrogens (tertiary/aromatic N) is 3. The summed E-state index contributed by atoms with van der Waals surface area (Å²) < 4.78 is 13.6. The largest absolute Gasteiger partial charge is 0.392 e. The molecule has 144 valence electrons. The van der Waals surface area contributed by atoms with Crippen molar-refractivity contribution < 1.29 is 14.3 Å². The number of anilines is 1. The second-order valence-corrected chi connectivity index (χ2v) is 6.72. The van der Waals surface area contributed by atoms with Gasteiger partial charge in [0.1, 0.15) is 17.7 Å². The van der Waals surface area contributed by atoms with E-state index in [2.05, 4.69) is 20.4 Å². The minimum atomic E-state index is -1.10. The normalized spacial score (nSPS) is 16.4. The van der Waals surface area contributed by atoms with E-state index in [0.29, 0.717) is 16.9 Å². The van der Waals surface area contributed by atoms with Crippen molar-refractivity contribution in [1.82, 2.24) is 9.97 Å². The molecule has 1 unspecified atom stereocenters. The summed E-state index contributed by atoms with van der Waals surface area (Å²) in [5.41, 5.74) is 2.44. The van der Waals surface area contributed by atoms with Gasteiger partial charge in [-0.1, -0.05) is 12.1 Å². The summed E-state index contributed by atoms with van der Waals surface area (Å²) in [6.07, 6.45) is 8.63. The van der Waals surface area contributed by atoms with E-state index in [-0.39, 0.29) is 6.10 Å². The van der Waals surface area contributed by atoms with Crippen molar-refractivity contribution in [1.29, 1.82) is 0 Å². The van der Waals surface area contributed by atoms with Gasteiger partial charge in [0.2, 0.25) is 0 Å². The summed E-state index contributed by atoms with van der Waals surface area (Å²) in [6, 6.07) is 3.63. The summed E-state index contributed by atoms with van der Waals surface area (Å²) in [4.78, 5) is 13.8. The summed E-state index contributed by atoms with van der Waals surface area (Å²) >= 11 is 0. The van der Waals surface area contributed by atoms with Crippen molar-refractivity contribution in [3.8, 4) is 0 Å². The van der Waals surface area contributed by atoms with Crippen molar-refractivity contribution in [3.63, 3.8) is 0 Å². The molecule has 2 aromatic rings. The molecule has 1 aliphatic rings. The maximum absolute atomic E-state index is 13.6. The van der Waals surface area contributed by atoms with Crippen LogP contribution in [0.2, 0.25) is 0 Å². The lowest BCUT2D eigenvalue weighted by Crippen LogP contribution is -2.13. The molecule has 2 aromatic heterocycles. The highest BCUT2D eigenvalue weighted by Crippen LogP contribution is 2.22. The molecule has 0 radical (unpaired) electrons. The molecule has 1 aliphatic carbocycles. The SMILES string of the molecule is CC/C(=N\OC1CCCC1)c1ccc(NC(O)c2cncc(F)c2C)nc1. The predicted molar refractivity (Wildman–Crippen MR) is 102 cm³/mol. The Kier molecular flexibility index (Phi) is 6.34. The number of aliphatic hydroxyl groups is 1. The zero-order valence-electron chi connectivity index (χ0n) is 15.7. The maximum Gasteiger partial charge on any atom is 0.153 e. The van der Waals surface area contributed by atoms with Gasteiger partial charge in [-0.05, 0) is 56.7 Å². The van der Waals surface area contributed by atoms with Crippen molar-refractivity contribution in [2.24, 2.45) is 5.16 Å². The van der Waals surface area contributed by atoms with Crippen LogP contribution in [0.4, 0.5) is 10.2 Å². The topological polar surface area (TPSA) is 79.6 Å². The van der Waals surface area contributed by atoms with E-state index in [1.807, 2.05) is 13.0 Å². The van der Waals surface area contributed by atoms with Gasteiger partial charge in [-0.25, -0.2) is 9.37 Å². The maximum atomic E-state index is 13.6. The van der Waals surface area contributed by atoms with Gasteiger partial charge < -0.3 is 15.3 Å². The van der Waals surface area contributed by atoms with E-state index >= 15 is 0 Å². The molecule has 2 N–H and O–H groups in total. The molecule has 3 rings (SSSR count). The molecule has 0 aromatic carbocycles.